The van der Waals surface area contributed by atoms with Crippen LogP contribution in [0.1, 0.15) is 17.5 Å². The number of nitrogens with one attached hydrogen (secondary N) is 2. The molecule has 0 bridgehead atoms. The summed E-state index contributed by atoms with van der Waals surface area (Å²) >= 11 is 0. The van der Waals surface area contributed by atoms with Gasteiger partial charge in [-0.15, -0.1) is 0 Å². The van der Waals surface area contributed by atoms with Gasteiger partial charge < -0.3 is 10.1 Å². The minimum atomic E-state index is -3.75. The molecule has 0 unspecified atom stereocenters. The second-order valence-corrected chi connectivity index (χ2v) is 7.58. The molecule has 0 radical (unpaired) electrons. The van der Waals surface area contributed by atoms with Crippen molar-refractivity contribution in [2.24, 2.45) is 0 Å². The summed E-state index contributed by atoms with van der Waals surface area (Å²) in [6, 6.07) is 10.1. The number of para-hydroxylation sites is 1. The Balaban J connectivity index is 1.68. The van der Waals surface area contributed by atoms with Crippen molar-refractivity contribution in [1.82, 2.24) is 0 Å². The van der Waals surface area contributed by atoms with Crippen LogP contribution in [0.3, 0.4) is 0 Å². The number of fused-ring (bicyclic) bond motifs is 2. The molecule has 24 heavy (non-hydrogen) atoms. The summed E-state index contributed by atoms with van der Waals surface area (Å²) in [6.07, 6.45) is 2.00. The van der Waals surface area contributed by atoms with Gasteiger partial charge in [-0.2, -0.15) is 0 Å². The zero-order valence-electron chi connectivity index (χ0n) is 12.8. The van der Waals surface area contributed by atoms with Gasteiger partial charge in [0.15, 0.2) is 0 Å². The predicted molar refractivity (Wildman–Crippen MR) is 89.8 cm³/mol. The smallest absolute Gasteiger partial charge is 0.262 e. The minimum Gasteiger partial charge on any atom is -0.491 e. The number of hydrogen-bond donors (Lipinski definition) is 2. The summed E-state index contributed by atoms with van der Waals surface area (Å²) in [6.45, 7) is 0.582. The van der Waals surface area contributed by atoms with E-state index in [2.05, 4.69) is 10.0 Å². The quantitative estimate of drug-likeness (QED) is 0.895. The largest absolute Gasteiger partial charge is 0.491 e. The molecule has 7 heteroatoms. The summed E-state index contributed by atoms with van der Waals surface area (Å²) in [4.78, 5) is 11.6. The Bertz CT molecular complexity index is 938. The first-order chi connectivity index (χ1) is 11.5. The van der Waals surface area contributed by atoms with Crippen LogP contribution >= 0.6 is 0 Å². The van der Waals surface area contributed by atoms with Crippen molar-refractivity contribution in [3.63, 3.8) is 0 Å². The van der Waals surface area contributed by atoms with Crippen LogP contribution < -0.4 is 14.8 Å². The van der Waals surface area contributed by atoms with Gasteiger partial charge in [-0.05, 0) is 48.2 Å². The van der Waals surface area contributed by atoms with Gasteiger partial charge in [0.2, 0.25) is 5.91 Å². The predicted octanol–water partition coefficient (Wildman–Crippen LogP) is 2.31. The van der Waals surface area contributed by atoms with E-state index in [-0.39, 0.29) is 17.2 Å². The summed E-state index contributed by atoms with van der Waals surface area (Å²) in [5.74, 6) is 0.475. The number of hydrogen-bond acceptors (Lipinski definition) is 4. The van der Waals surface area contributed by atoms with Gasteiger partial charge in [0, 0.05) is 5.69 Å². The number of ether oxygens (including phenoxy) is 1. The van der Waals surface area contributed by atoms with Gasteiger partial charge in [-0.25, -0.2) is 8.42 Å². The highest BCUT2D eigenvalue weighted by Crippen LogP contribution is 2.34. The maximum Gasteiger partial charge on any atom is 0.262 e. The lowest BCUT2D eigenvalue weighted by Crippen LogP contribution is -2.16. The third-order valence-corrected chi connectivity index (χ3v) is 5.55. The summed E-state index contributed by atoms with van der Waals surface area (Å²) in [5, 5.41) is 2.69. The van der Waals surface area contributed by atoms with Gasteiger partial charge in [-0.3, -0.25) is 9.52 Å². The summed E-state index contributed by atoms with van der Waals surface area (Å²) in [5.41, 5.74) is 2.81. The lowest BCUT2D eigenvalue weighted by atomic mass is 10.1. The Morgan fingerprint density at radius 2 is 2.00 bits per heavy atom. The Morgan fingerprint density at radius 1 is 1.12 bits per heavy atom. The molecule has 0 aromatic heterocycles. The Labute approximate surface area is 139 Å². The van der Waals surface area contributed by atoms with E-state index in [1.807, 2.05) is 12.1 Å². The topological polar surface area (TPSA) is 84.5 Å². The van der Waals surface area contributed by atoms with E-state index in [0.29, 0.717) is 29.3 Å². The van der Waals surface area contributed by atoms with Crippen molar-refractivity contribution in [1.29, 1.82) is 0 Å². The number of anilines is 2. The molecule has 2 aromatic carbocycles. The van der Waals surface area contributed by atoms with Crippen LogP contribution in [0.2, 0.25) is 0 Å². The van der Waals surface area contributed by atoms with Crippen molar-refractivity contribution >= 4 is 27.3 Å². The lowest BCUT2D eigenvalue weighted by Gasteiger charge is -2.21. The summed E-state index contributed by atoms with van der Waals surface area (Å²) in [7, 11) is -3.75. The average Bonchev–Trinajstić information content (AvgIpc) is 2.94. The van der Waals surface area contributed by atoms with E-state index in [1.54, 1.807) is 12.1 Å². The molecule has 0 atom stereocenters. The van der Waals surface area contributed by atoms with Crippen molar-refractivity contribution in [2.45, 2.75) is 24.2 Å². The van der Waals surface area contributed by atoms with Crippen molar-refractivity contribution < 1.29 is 17.9 Å². The number of amides is 1. The number of benzene rings is 2. The molecular weight excluding hydrogens is 328 g/mol. The highest BCUT2D eigenvalue weighted by atomic mass is 32.2. The Kier molecular flexibility index (Phi) is 3.45. The molecule has 0 saturated heterocycles. The molecule has 2 aliphatic heterocycles. The summed E-state index contributed by atoms with van der Waals surface area (Å²) < 4.78 is 33.6. The lowest BCUT2D eigenvalue weighted by molar-refractivity contribution is -0.115. The maximum atomic E-state index is 12.7. The molecule has 124 valence electrons. The average molecular weight is 344 g/mol. The fourth-order valence-electron chi connectivity index (χ4n) is 3.05. The van der Waals surface area contributed by atoms with Gasteiger partial charge in [0.05, 0.1) is 23.6 Å². The highest BCUT2D eigenvalue weighted by Gasteiger charge is 2.23. The SMILES string of the molecule is O=C1Cc2cc(S(=O)(=O)Nc3cccc4c3OCCC4)ccc2N1. The zero-order valence-corrected chi connectivity index (χ0v) is 13.7. The van der Waals surface area contributed by atoms with Crippen molar-refractivity contribution in [3.8, 4) is 5.75 Å². The minimum absolute atomic E-state index is 0.127. The molecule has 2 aliphatic rings. The normalized spacial score (nSPS) is 15.9. The monoisotopic (exact) mass is 344 g/mol. The number of sulfonamides is 1. The first-order valence-corrected chi connectivity index (χ1v) is 9.21. The number of rotatable bonds is 3. The molecule has 0 spiro atoms. The zero-order chi connectivity index (χ0) is 16.7. The molecule has 6 nitrogen and oxygen atoms in total. The van der Waals surface area contributed by atoms with Gasteiger partial charge in [0.25, 0.3) is 10.0 Å². The van der Waals surface area contributed by atoms with E-state index in [0.717, 1.165) is 18.4 Å². The maximum absolute atomic E-state index is 12.7. The van der Waals surface area contributed by atoms with Crippen LogP contribution in [0.5, 0.6) is 5.75 Å². The molecule has 4 rings (SSSR count). The van der Waals surface area contributed by atoms with Crippen LogP contribution in [0.25, 0.3) is 0 Å². The Hall–Kier alpha value is -2.54. The first kappa shape index (κ1) is 15.0. The van der Waals surface area contributed by atoms with Crippen LogP contribution in [-0.4, -0.2) is 20.9 Å². The van der Waals surface area contributed by atoms with Gasteiger partial charge in [-0.1, -0.05) is 12.1 Å². The standard InChI is InChI=1S/C17H16N2O4S/c20-16-10-12-9-13(6-7-14(12)18-16)24(21,22)19-15-5-1-3-11-4-2-8-23-17(11)15/h1,3,5-7,9,19H,2,4,8,10H2,(H,18,20). The van der Waals surface area contributed by atoms with Crippen molar-refractivity contribution in [3.05, 3.63) is 47.5 Å². The van der Waals surface area contributed by atoms with Gasteiger partial charge >= 0.3 is 0 Å². The molecule has 2 N–H and O–H groups in total. The number of carbonyl (C=O) groups is 1. The highest BCUT2D eigenvalue weighted by molar-refractivity contribution is 7.92. The molecule has 1 amide bonds. The van der Waals surface area contributed by atoms with E-state index >= 15 is 0 Å². The number of aryl methyl sites for hydroxylation is 1. The van der Waals surface area contributed by atoms with Crippen LogP contribution in [-0.2, 0) is 27.7 Å². The third-order valence-electron chi connectivity index (χ3n) is 4.19. The second kappa shape index (κ2) is 5.52. The molecule has 0 fully saturated rings. The molecule has 2 aromatic rings. The fraction of sp³-hybridized carbons (Fsp3) is 0.235. The van der Waals surface area contributed by atoms with Crippen LogP contribution in [0.4, 0.5) is 11.4 Å². The second-order valence-electron chi connectivity index (χ2n) is 5.90. The van der Waals surface area contributed by atoms with Crippen molar-refractivity contribution in [2.75, 3.05) is 16.6 Å². The molecule has 0 aliphatic carbocycles. The van der Waals surface area contributed by atoms with E-state index in [1.165, 1.54) is 12.1 Å². The van der Waals surface area contributed by atoms with E-state index in [9.17, 15) is 13.2 Å². The van der Waals surface area contributed by atoms with E-state index < -0.39 is 10.0 Å². The molecule has 2 heterocycles. The molecular formula is C17H16N2O4S. The van der Waals surface area contributed by atoms with Crippen LogP contribution in [0.15, 0.2) is 41.3 Å². The molecule has 0 saturated carbocycles. The first-order valence-electron chi connectivity index (χ1n) is 7.73. The van der Waals surface area contributed by atoms with Gasteiger partial charge in [0.1, 0.15) is 5.75 Å². The fourth-order valence-corrected chi connectivity index (χ4v) is 4.16. The van der Waals surface area contributed by atoms with Crippen LogP contribution in [0, 0.1) is 0 Å². The number of carbonyl (C=O) groups excluding carboxylic acids is 1. The third kappa shape index (κ3) is 2.60. The Morgan fingerprint density at radius 3 is 2.88 bits per heavy atom. The van der Waals surface area contributed by atoms with E-state index in [4.69, 9.17) is 4.74 Å².